The van der Waals surface area contributed by atoms with Gasteiger partial charge in [-0.2, -0.15) is 0 Å². The first-order valence-electron chi connectivity index (χ1n) is 4.34. The third-order valence-electron chi connectivity index (χ3n) is 2.12. The van der Waals surface area contributed by atoms with E-state index in [1.807, 2.05) is 12.1 Å². The molecule has 0 aliphatic heterocycles. The van der Waals surface area contributed by atoms with Crippen molar-refractivity contribution in [2.45, 2.75) is 13.3 Å². The molecule has 0 aliphatic rings. The average molecular weight is 213 g/mol. The van der Waals surface area contributed by atoms with Crippen LogP contribution in [0.4, 0.5) is 5.69 Å². The van der Waals surface area contributed by atoms with Gasteiger partial charge in [0.1, 0.15) is 0 Å². The molecule has 14 heavy (non-hydrogen) atoms. The molecule has 1 aromatic carbocycles. The number of nitrogen functional groups attached to an aromatic ring is 1. The van der Waals surface area contributed by atoms with Gasteiger partial charge in [0, 0.05) is 5.92 Å². The predicted octanol–water partition coefficient (Wildman–Crippen LogP) is 1.59. The lowest BCUT2D eigenvalue weighted by molar-refractivity contribution is -0.121. The number of carbonyl (C=O) groups is 1. The monoisotopic (exact) mass is 212 g/mol. The molecular formula is C10H13ClN2O. The minimum Gasteiger partial charge on any atom is -0.398 e. The Hall–Kier alpha value is -1.22. The Labute approximate surface area is 88.0 Å². The van der Waals surface area contributed by atoms with Gasteiger partial charge in [-0.15, -0.1) is 0 Å². The highest BCUT2D eigenvalue weighted by molar-refractivity contribution is 6.33. The Bertz CT molecular complexity index is 352. The zero-order valence-electron chi connectivity index (χ0n) is 7.96. The van der Waals surface area contributed by atoms with Gasteiger partial charge in [0.05, 0.1) is 10.7 Å². The molecular weight excluding hydrogens is 200 g/mol. The molecule has 0 aliphatic carbocycles. The van der Waals surface area contributed by atoms with Crippen LogP contribution in [0, 0.1) is 5.92 Å². The lowest BCUT2D eigenvalue weighted by atomic mass is 10.0. The fourth-order valence-corrected chi connectivity index (χ4v) is 1.39. The highest BCUT2D eigenvalue weighted by Crippen LogP contribution is 2.25. The summed E-state index contributed by atoms with van der Waals surface area (Å²) in [7, 11) is 0. The molecule has 0 radical (unpaired) electrons. The second-order valence-corrected chi connectivity index (χ2v) is 3.71. The van der Waals surface area contributed by atoms with Gasteiger partial charge in [-0.25, -0.2) is 0 Å². The molecule has 4 heteroatoms. The second-order valence-electron chi connectivity index (χ2n) is 3.33. The predicted molar refractivity (Wildman–Crippen MR) is 57.9 cm³/mol. The standard InChI is InChI=1S/C10H13ClN2O/c1-6(10(13)14)5-7-3-2-4-8(12)9(7)11/h2-4,6H,5,12H2,1H3,(H2,13,14). The lowest BCUT2D eigenvalue weighted by Crippen LogP contribution is -2.22. The highest BCUT2D eigenvalue weighted by atomic mass is 35.5. The topological polar surface area (TPSA) is 69.1 Å². The van der Waals surface area contributed by atoms with Crippen molar-refractivity contribution in [2.24, 2.45) is 11.7 Å². The molecule has 0 saturated heterocycles. The van der Waals surface area contributed by atoms with Gasteiger partial charge in [-0.3, -0.25) is 4.79 Å². The van der Waals surface area contributed by atoms with Crippen molar-refractivity contribution < 1.29 is 4.79 Å². The zero-order chi connectivity index (χ0) is 10.7. The van der Waals surface area contributed by atoms with E-state index in [-0.39, 0.29) is 11.8 Å². The van der Waals surface area contributed by atoms with Crippen LogP contribution in [0.25, 0.3) is 0 Å². The van der Waals surface area contributed by atoms with E-state index in [1.54, 1.807) is 13.0 Å². The van der Waals surface area contributed by atoms with E-state index >= 15 is 0 Å². The fourth-order valence-electron chi connectivity index (χ4n) is 1.19. The van der Waals surface area contributed by atoms with Gasteiger partial charge in [0.25, 0.3) is 0 Å². The largest absolute Gasteiger partial charge is 0.398 e. The summed E-state index contributed by atoms with van der Waals surface area (Å²) in [6.07, 6.45) is 0.527. The first-order chi connectivity index (χ1) is 6.52. The quantitative estimate of drug-likeness (QED) is 0.747. The van der Waals surface area contributed by atoms with Gasteiger partial charge in [-0.05, 0) is 18.1 Å². The molecule has 0 bridgehead atoms. The van der Waals surface area contributed by atoms with Crippen LogP contribution in [0.1, 0.15) is 12.5 Å². The minimum atomic E-state index is -0.330. The Morgan fingerprint density at radius 3 is 2.79 bits per heavy atom. The second kappa shape index (κ2) is 4.33. The van der Waals surface area contributed by atoms with Gasteiger partial charge < -0.3 is 11.5 Å². The minimum absolute atomic E-state index is 0.228. The van der Waals surface area contributed by atoms with E-state index in [0.29, 0.717) is 17.1 Å². The van der Waals surface area contributed by atoms with Gasteiger partial charge in [0.15, 0.2) is 0 Å². The number of hydrogen-bond donors (Lipinski definition) is 2. The van der Waals surface area contributed by atoms with Crippen LogP contribution in [-0.2, 0) is 11.2 Å². The van der Waals surface area contributed by atoms with Crippen LogP contribution in [0.5, 0.6) is 0 Å². The summed E-state index contributed by atoms with van der Waals surface area (Å²) in [5.41, 5.74) is 12.2. The summed E-state index contributed by atoms with van der Waals surface area (Å²) in [4.78, 5) is 10.8. The molecule has 1 rings (SSSR count). The van der Waals surface area contributed by atoms with Crippen molar-refractivity contribution in [2.75, 3.05) is 5.73 Å². The molecule has 1 atom stereocenters. The van der Waals surface area contributed by atoms with E-state index in [1.165, 1.54) is 0 Å². The maximum Gasteiger partial charge on any atom is 0.220 e. The number of amides is 1. The molecule has 1 aromatic rings. The molecule has 0 aromatic heterocycles. The van der Waals surface area contributed by atoms with Gasteiger partial charge in [-0.1, -0.05) is 30.7 Å². The van der Waals surface area contributed by atoms with E-state index in [4.69, 9.17) is 23.1 Å². The van der Waals surface area contributed by atoms with Crippen molar-refractivity contribution in [3.8, 4) is 0 Å². The van der Waals surface area contributed by atoms with E-state index in [0.717, 1.165) is 5.56 Å². The maximum atomic E-state index is 10.8. The maximum absolute atomic E-state index is 10.8. The SMILES string of the molecule is CC(Cc1cccc(N)c1Cl)C(N)=O. The molecule has 0 heterocycles. The number of rotatable bonds is 3. The number of halogens is 1. The van der Waals surface area contributed by atoms with Crippen LogP contribution >= 0.6 is 11.6 Å². The molecule has 1 unspecified atom stereocenters. The summed E-state index contributed by atoms with van der Waals surface area (Å²) in [5, 5.41) is 0.514. The highest BCUT2D eigenvalue weighted by Gasteiger charge is 2.12. The first-order valence-corrected chi connectivity index (χ1v) is 4.72. The van der Waals surface area contributed by atoms with E-state index in [2.05, 4.69) is 0 Å². The van der Waals surface area contributed by atoms with Gasteiger partial charge >= 0.3 is 0 Å². The van der Waals surface area contributed by atoms with Crippen LogP contribution in [0.3, 0.4) is 0 Å². The van der Waals surface area contributed by atoms with Crippen LogP contribution in [0.2, 0.25) is 5.02 Å². The van der Waals surface area contributed by atoms with Crippen molar-refractivity contribution in [1.82, 2.24) is 0 Å². The van der Waals surface area contributed by atoms with Crippen molar-refractivity contribution in [3.63, 3.8) is 0 Å². The Kier molecular flexibility index (Phi) is 3.36. The third-order valence-corrected chi connectivity index (χ3v) is 2.58. The number of hydrogen-bond acceptors (Lipinski definition) is 2. The molecule has 4 N–H and O–H groups in total. The van der Waals surface area contributed by atoms with Crippen LogP contribution in [-0.4, -0.2) is 5.91 Å². The number of benzene rings is 1. The zero-order valence-corrected chi connectivity index (χ0v) is 8.71. The Morgan fingerprint density at radius 1 is 1.57 bits per heavy atom. The van der Waals surface area contributed by atoms with Gasteiger partial charge in [0.2, 0.25) is 5.91 Å². The number of primary amides is 1. The summed E-state index contributed by atoms with van der Waals surface area (Å²) < 4.78 is 0. The Balaban J connectivity index is 2.87. The molecule has 76 valence electrons. The summed E-state index contributed by atoms with van der Waals surface area (Å²) in [6.45, 7) is 1.77. The van der Waals surface area contributed by atoms with Crippen LogP contribution < -0.4 is 11.5 Å². The summed E-state index contributed by atoms with van der Waals surface area (Å²) in [6, 6.07) is 5.38. The number of nitrogens with two attached hydrogens (primary N) is 2. The van der Waals surface area contributed by atoms with E-state index in [9.17, 15) is 4.79 Å². The normalized spacial score (nSPS) is 12.4. The Morgan fingerprint density at radius 2 is 2.21 bits per heavy atom. The fraction of sp³-hybridized carbons (Fsp3) is 0.300. The summed E-state index contributed by atoms with van der Waals surface area (Å²) >= 11 is 5.96. The molecule has 1 amide bonds. The van der Waals surface area contributed by atoms with E-state index < -0.39 is 0 Å². The average Bonchev–Trinajstić information content (AvgIpc) is 2.12. The van der Waals surface area contributed by atoms with Crippen molar-refractivity contribution in [3.05, 3.63) is 28.8 Å². The molecule has 0 fully saturated rings. The third kappa shape index (κ3) is 2.39. The van der Waals surface area contributed by atoms with Crippen molar-refractivity contribution in [1.29, 1.82) is 0 Å². The molecule has 0 saturated carbocycles. The molecule has 0 spiro atoms. The van der Waals surface area contributed by atoms with Crippen molar-refractivity contribution >= 4 is 23.2 Å². The number of carbonyl (C=O) groups excluding carboxylic acids is 1. The lowest BCUT2D eigenvalue weighted by Gasteiger charge is -2.09. The van der Waals surface area contributed by atoms with Crippen LogP contribution in [0.15, 0.2) is 18.2 Å². The smallest absolute Gasteiger partial charge is 0.220 e. The molecule has 3 nitrogen and oxygen atoms in total. The summed E-state index contributed by atoms with van der Waals surface area (Å²) in [5.74, 6) is -0.558. The number of anilines is 1. The first kappa shape index (κ1) is 10.9.